The Bertz CT molecular complexity index is 795. The highest BCUT2D eigenvalue weighted by molar-refractivity contribution is 9.10. The highest BCUT2D eigenvalue weighted by atomic mass is 79.9. The Morgan fingerprint density at radius 1 is 1.12 bits per heavy atom. The van der Waals surface area contributed by atoms with Crippen molar-refractivity contribution in [3.05, 3.63) is 28.7 Å². The summed E-state index contributed by atoms with van der Waals surface area (Å²) < 4.78 is 1.00. The number of hydrogen-bond acceptors (Lipinski definition) is 4. The standard InChI is InChI=1S/C19H22BrN5O/c20-16-3-1-15(2-4-16)18-22-24-25(23-18)11-17(26)21-19-8-12-5-13(9-19)7-14(6-12)10-19/h1-4,12-14H,5-11H2,(H,21,26). The van der Waals surface area contributed by atoms with E-state index in [1.54, 1.807) is 0 Å². The minimum atomic E-state index is 0.00621. The molecule has 4 aliphatic rings. The van der Waals surface area contributed by atoms with Crippen LogP contribution in [-0.2, 0) is 11.3 Å². The molecule has 1 heterocycles. The fourth-order valence-corrected chi connectivity index (χ4v) is 6.02. The molecule has 136 valence electrons. The van der Waals surface area contributed by atoms with E-state index in [1.807, 2.05) is 24.3 Å². The third-order valence-electron chi connectivity index (χ3n) is 6.28. The van der Waals surface area contributed by atoms with Crippen LogP contribution in [0.5, 0.6) is 0 Å². The molecule has 26 heavy (non-hydrogen) atoms. The van der Waals surface area contributed by atoms with Crippen LogP contribution in [-0.4, -0.2) is 31.7 Å². The van der Waals surface area contributed by atoms with E-state index in [9.17, 15) is 4.79 Å². The van der Waals surface area contributed by atoms with E-state index in [2.05, 4.69) is 36.7 Å². The van der Waals surface area contributed by atoms with Crippen LogP contribution in [0.25, 0.3) is 11.4 Å². The summed E-state index contributed by atoms with van der Waals surface area (Å²) in [5.41, 5.74) is 0.918. The molecule has 4 aliphatic carbocycles. The number of nitrogens with zero attached hydrogens (tertiary/aromatic N) is 4. The van der Waals surface area contributed by atoms with Gasteiger partial charge in [-0.2, -0.15) is 4.80 Å². The summed E-state index contributed by atoms with van der Waals surface area (Å²) in [6, 6.07) is 7.74. The Kier molecular flexibility index (Phi) is 3.88. The largest absolute Gasteiger partial charge is 0.349 e. The van der Waals surface area contributed by atoms with Crippen LogP contribution in [0.2, 0.25) is 0 Å². The van der Waals surface area contributed by atoms with Crippen LogP contribution >= 0.6 is 15.9 Å². The van der Waals surface area contributed by atoms with Gasteiger partial charge in [0.15, 0.2) is 0 Å². The van der Waals surface area contributed by atoms with Crippen LogP contribution in [0, 0.1) is 17.8 Å². The van der Waals surface area contributed by atoms with Crippen molar-refractivity contribution in [3.63, 3.8) is 0 Å². The summed E-state index contributed by atoms with van der Waals surface area (Å²) in [5, 5.41) is 15.9. The number of rotatable bonds is 4. The number of amides is 1. The quantitative estimate of drug-likeness (QED) is 0.831. The molecule has 1 aromatic carbocycles. The van der Waals surface area contributed by atoms with Crippen LogP contribution in [0.1, 0.15) is 38.5 Å². The van der Waals surface area contributed by atoms with Gasteiger partial charge in [0.2, 0.25) is 11.7 Å². The van der Waals surface area contributed by atoms with Crippen molar-refractivity contribution < 1.29 is 4.79 Å². The highest BCUT2D eigenvalue weighted by Crippen LogP contribution is 2.55. The summed E-state index contributed by atoms with van der Waals surface area (Å²) in [5.74, 6) is 2.99. The first-order valence-electron chi connectivity index (χ1n) is 9.42. The average molecular weight is 416 g/mol. The van der Waals surface area contributed by atoms with Crippen LogP contribution in [0.4, 0.5) is 0 Å². The molecule has 4 fully saturated rings. The molecule has 0 atom stereocenters. The van der Waals surface area contributed by atoms with Gasteiger partial charge in [-0.15, -0.1) is 10.2 Å². The maximum absolute atomic E-state index is 12.6. The van der Waals surface area contributed by atoms with Crippen LogP contribution < -0.4 is 5.32 Å². The fraction of sp³-hybridized carbons (Fsp3) is 0.579. The average Bonchev–Trinajstić information content (AvgIpc) is 3.02. The monoisotopic (exact) mass is 415 g/mol. The topological polar surface area (TPSA) is 72.7 Å². The fourth-order valence-electron chi connectivity index (χ4n) is 5.75. The first-order valence-corrected chi connectivity index (χ1v) is 10.2. The lowest BCUT2D eigenvalue weighted by Gasteiger charge is -2.56. The normalized spacial score (nSPS) is 32.0. The molecule has 0 aliphatic heterocycles. The molecular formula is C19H22BrN5O. The van der Waals surface area contributed by atoms with Gasteiger partial charge in [-0.05, 0) is 85.8 Å². The van der Waals surface area contributed by atoms with Crippen LogP contribution in [0.3, 0.4) is 0 Å². The van der Waals surface area contributed by atoms with Crippen molar-refractivity contribution in [1.29, 1.82) is 0 Å². The van der Waals surface area contributed by atoms with Gasteiger partial charge in [-0.25, -0.2) is 0 Å². The second-order valence-electron chi connectivity index (χ2n) is 8.40. The summed E-state index contributed by atoms with van der Waals surface area (Å²) in [4.78, 5) is 14.0. The highest BCUT2D eigenvalue weighted by Gasteiger charge is 2.51. The van der Waals surface area contributed by atoms with Gasteiger partial charge in [0.1, 0.15) is 6.54 Å². The first-order chi connectivity index (χ1) is 12.6. The Hall–Kier alpha value is -1.76. The number of benzene rings is 1. The molecule has 2 aromatic rings. The minimum absolute atomic E-state index is 0.00621. The maximum Gasteiger partial charge on any atom is 0.244 e. The van der Waals surface area contributed by atoms with E-state index in [1.165, 1.54) is 24.1 Å². The SMILES string of the molecule is O=C(Cn1nnc(-c2ccc(Br)cc2)n1)NC12CC3CC(CC(C3)C1)C2. The molecule has 0 saturated heterocycles. The second-order valence-corrected chi connectivity index (χ2v) is 9.31. The molecule has 7 heteroatoms. The predicted octanol–water partition coefficient (Wildman–Crippen LogP) is 3.19. The van der Waals surface area contributed by atoms with Gasteiger partial charge in [-0.3, -0.25) is 4.79 Å². The lowest BCUT2D eigenvalue weighted by atomic mass is 9.53. The molecule has 0 spiro atoms. The molecular weight excluding hydrogens is 394 g/mol. The van der Waals surface area contributed by atoms with Crippen LogP contribution in [0.15, 0.2) is 28.7 Å². The molecule has 1 aromatic heterocycles. The van der Waals surface area contributed by atoms with Crippen molar-refractivity contribution in [1.82, 2.24) is 25.5 Å². The molecule has 0 radical (unpaired) electrons. The number of tetrazole rings is 1. The number of halogens is 1. The Morgan fingerprint density at radius 2 is 1.73 bits per heavy atom. The summed E-state index contributed by atoms with van der Waals surface area (Å²) >= 11 is 3.42. The Balaban J connectivity index is 1.26. The summed E-state index contributed by atoms with van der Waals surface area (Å²) in [7, 11) is 0. The van der Waals surface area contributed by atoms with Crippen molar-refractivity contribution in [2.24, 2.45) is 17.8 Å². The molecule has 6 rings (SSSR count). The molecule has 6 nitrogen and oxygen atoms in total. The van der Waals surface area contributed by atoms with Crippen molar-refractivity contribution >= 4 is 21.8 Å². The van der Waals surface area contributed by atoms with E-state index in [0.717, 1.165) is 47.1 Å². The van der Waals surface area contributed by atoms with Gasteiger partial charge < -0.3 is 5.32 Å². The number of carbonyl (C=O) groups excluding carboxylic acids is 1. The zero-order chi connectivity index (χ0) is 17.7. The second kappa shape index (κ2) is 6.15. The minimum Gasteiger partial charge on any atom is -0.349 e. The van der Waals surface area contributed by atoms with E-state index in [-0.39, 0.29) is 18.0 Å². The molecule has 0 unspecified atom stereocenters. The zero-order valence-electron chi connectivity index (χ0n) is 14.6. The molecule has 1 amide bonds. The lowest BCUT2D eigenvalue weighted by molar-refractivity contribution is -0.127. The van der Waals surface area contributed by atoms with Gasteiger partial charge in [0, 0.05) is 15.6 Å². The van der Waals surface area contributed by atoms with Gasteiger partial charge in [0.05, 0.1) is 0 Å². The maximum atomic E-state index is 12.6. The smallest absolute Gasteiger partial charge is 0.244 e. The van der Waals surface area contributed by atoms with Gasteiger partial charge >= 0.3 is 0 Å². The van der Waals surface area contributed by atoms with Crippen molar-refractivity contribution in [3.8, 4) is 11.4 Å². The lowest BCUT2D eigenvalue weighted by Crippen LogP contribution is -2.60. The molecule has 4 saturated carbocycles. The van der Waals surface area contributed by atoms with Crippen molar-refractivity contribution in [2.75, 3.05) is 0 Å². The van der Waals surface area contributed by atoms with E-state index < -0.39 is 0 Å². The molecule has 1 N–H and O–H groups in total. The number of carbonyl (C=O) groups is 1. The third-order valence-corrected chi connectivity index (χ3v) is 6.81. The number of hydrogen-bond donors (Lipinski definition) is 1. The number of aromatic nitrogens is 4. The first kappa shape index (κ1) is 16.4. The van der Waals surface area contributed by atoms with Crippen molar-refractivity contribution in [2.45, 2.75) is 50.6 Å². The van der Waals surface area contributed by atoms with Gasteiger partial charge in [-0.1, -0.05) is 15.9 Å². The van der Waals surface area contributed by atoms with E-state index in [4.69, 9.17) is 0 Å². The third kappa shape index (κ3) is 3.06. The zero-order valence-corrected chi connectivity index (χ0v) is 16.2. The Morgan fingerprint density at radius 3 is 2.35 bits per heavy atom. The summed E-state index contributed by atoms with van der Waals surface area (Å²) in [6.45, 7) is 0.130. The summed E-state index contributed by atoms with van der Waals surface area (Å²) in [6.07, 6.45) is 7.57. The number of nitrogens with one attached hydrogen (secondary N) is 1. The van der Waals surface area contributed by atoms with E-state index in [0.29, 0.717) is 5.82 Å². The molecule has 4 bridgehead atoms. The predicted molar refractivity (Wildman–Crippen MR) is 100.0 cm³/mol. The Labute approximate surface area is 160 Å². The van der Waals surface area contributed by atoms with E-state index >= 15 is 0 Å². The van der Waals surface area contributed by atoms with Gasteiger partial charge in [0.25, 0.3) is 0 Å².